The van der Waals surface area contributed by atoms with E-state index in [1.54, 1.807) is 19.1 Å². The molecule has 0 spiro atoms. The SMILES string of the molecule is Cc1ccc(S(=O)(=O)O[C@@H]2[C@@H](CO[Si](c3ccccc3)(c3ccccc3)C(C)(C)C)OC(O)[C@@H]2C)cc1. The molecular weight excluding hydrogens is 504 g/mol. The average molecular weight is 541 g/mol. The topological polar surface area (TPSA) is 82.1 Å². The highest BCUT2D eigenvalue weighted by Crippen LogP contribution is 2.38. The number of ether oxygens (including phenoxy) is 1. The van der Waals surface area contributed by atoms with Crippen molar-refractivity contribution in [3.05, 3.63) is 90.5 Å². The van der Waals surface area contributed by atoms with E-state index < -0.39 is 42.9 Å². The molecule has 0 radical (unpaired) electrons. The molecule has 1 aliphatic rings. The van der Waals surface area contributed by atoms with Crippen LogP contribution < -0.4 is 10.4 Å². The first-order valence-corrected chi connectivity index (χ1v) is 15.9. The van der Waals surface area contributed by atoms with Gasteiger partial charge < -0.3 is 14.3 Å². The number of hydrogen-bond donors (Lipinski definition) is 1. The molecule has 8 heteroatoms. The summed E-state index contributed by atoms with van der Waals surface area (Å²) in [6, 6.07) is 26.8. The van der Waals surface area contributed by atoms with Gasteiger partial charge in [0, 0.05) is 5.92 Å². The van der Waals surface area contributed by atoms with Crippen molar-refractivity contribution in [2.75, 3.05) is 6.61 Å². The van der Waals surface area contributed by atoms with Crippen molar-refractivity contribution < 1.29 is 26.9 Å². The van der Waals surface area contributed by atoms with Gasteiger partial charge in [0.2, 0.25) is 0 Å². The van der Waals surface area contributed by atoms with Crippen LogP contribution in [0, 0.1) is 12.8 Å². The third kappa shape index (κ3) is 5.60. The van der Waals surface area contributed by atoms with Gasteiger partial charge in [0.25, 0.3) is 18.4 Å². The normalized spacial score (nSPS) is 22.8. The third-order valence-corrected chi connectivity index (χ3v) is 13.4. The van der Waals surface area contributed by atoms with Gasteiger partial charge >= 0.3 is 0 Å². The number of aryl methyl sites for hydroxylation is 1. The van der Waals surface area contributed by atoms with Crippen molar-refractivity contribution in [1.82, 2.24) is 0 Å². The van der Waals surface area contributed by atoms with Crippen molar-refractivity contribution in [2.45, 2.75) is 63.1 Å². The van der Waals surface area contributed by atoms with Crippen molar-refractivity contribution in [2.24, 2.45) is 5.92 Å². The average Bonchev–Trinajstić information content (AvgIpc) is 3.12. The Morgan fingerprint density at radius 1 is 0.892 bits per heavy atom. The molecule has 1 fully saturated rings. The Labute approximate surface area is 221 Å². The minimum atomic E-state index is -4.07. The van der Waals surface area contributed by atoms with Crippen LogP contribution in [0.1, 0.15) is 33.3 Å². The van der Waals surface area contributed by atoms with Crippen LogP contribution in [0.25, 0.3) is 0 Å². The number of benzene rings is 3. The van der Waals surface area contributed by atoms with Gasteiger partial charge in [-0.05, 0) is 34.5 Å². The van der Waals surface area contributed by atoms with Crippen LogP contribution in [0.4, 0.5) is 0 Å². The summed E-state index contributed by atoms with van der Waals surface area (Å²) in [5, 5.41) is 12.5. The number of hydrogen-bond acceptors (Lipinski definition) is 6. The van der Waals surface area contributed by atoms with E-state index in [4.69, 9.17) is 13.3 Å². The summed E-state index contributed by atoms with van der Waals surface area (Å²) < 4.78 is 44.7. The second kappa shape index (κ2) is 10.8. The Hall–Kier alpha value is -2.33. The monoisotopic (exact) mass is 540 g/mol. The molecule has 6 nitrogen and oxygen atoms in total. The van der Waals surface area contributed by atoms with Gasteiger partial charge in [0.15, 0.2) is 6.29 Å². The largest absolute Gasteiger partial charge is 0.405 e. The zero-order chi connectivity index (χ0) is 26.8. The van der Waals surface area contributed by atoms with Gasteiger partial charge in [0.05, 0.1) is 11.5 Å². The Morgan fingerprint density at radius 3 is 1.89 bits per heavy atom. The molecule has 1 saturated heterocycles. The van der Waals surface area contributed by atoms with Gasteiger partial charge in [0.1, 0.15) is 12.2 Å². The number of aliphatic hydroxyl groups excluding tert-OH is 1. The van der Waals surface area contributed by atoms with Gasteiger partial charge in [-0.3, -0.25) is 4.18 Å². The lowest BCUT2D eigenvalue weighted by molar-refractivity contribution is -0.114. The lowest BCUT2D eigenvalue weighted by atomic mass is 10.0. The predicted molar refractivity (Wildman–Crippen MR) is 147 cm³/mol. The van der Waals surface area contributed by atoms with E-state index in [0.717, 1.165) is 15.9 Å². The second-order valence-corrected chi connectivity index (χ2v) is 16.6. The molecular formula is C29H36O6SSi. The molecule has 1 heterocycles. The second-order valence-electron chi connectivity index (χ2n) is 10.7. The maximum Gasteiger partial charge on any atom is 0.297 e. The summed E-state index contributed by atoms with van der Waals surface area (Å²) in [4.78, 5) is 0.0679. The lowest BCUT2D eigenvalue weighted by Crippen LogP contribution is -2.67. The summed E-state index contributed by atoms with van der Waals surface area (Å²) in [6.07, 6.45) is -2.84. The van der Waals surface area contributed by atoms with E-state index in [1.807, 2.05) is 43.3 Å². The molecule has 0 saturated carbocycles. The molecule has 4 atom stereocenters. The van der Waals surface area contributed by atoms with Crippen LogP contribution in [0.5, 0.6) is 0 Å². The molecule has 0 amide bonds. The fraction of sp³-hybridized carbons (Fsp3) is 0.379. The molecule has 1 N–H and O–H groups in total. The van der Waals surface area contributed by atoms with Gasteiger partial charge in [-0.15, -0.1) is 0 Å². The van der Waals surface area contributed by atoms with E-state index in [-0.39, 0.29) is 16.5 Å². The van der Waals surface area contributed by atoms with Crippen molar-refractivity contribution in [3.63, 3.8) is 0 Å². The fourth-order valence-corrected chi connectivity index (χ4v) is 10.8. The molecule has 0 aliphatic carbocycles. The minimum absolute atomic E-state index is 0.0679. The molecule has 1 aliphatic heterocycles. The molecule has 37 heavy (non-hydrogen) atoms. The van der Waals surface area contributed by atoms with Crippen LogP contribution >= 0.6 is 0 Å². The zero-order valence-electron chi connectivity index (χ0n) is 22.0. The molecule has 3 aromatic rings. The fourth-order valence-electron chi connectivity index (χ4n) is 5.04. The standard InChI is InChI=1S/C29H36O6SSi/c1-21-16-18-23(19-17-21)36(31,32)35-27-22(2)28(30)34-26(27)20-33-37(29(3,4)5,24-12-8-6-9-13-24)25-14-10-7-11-15-25/h6-19,22,26-28,30H,20H2,1-5H3/t22-,26-,27+,28?/m1/s1. The van der Waals surface area contributed by atoms with Crippen LogP contribution in [-0.4, -0.2) is 46.9 Å². The summed E-state index contributed by atoms with van der Waals surface area (Å²) in [5.41, 5.74) is 0.948. The maximum absolute atomic E-state index is 13.1. The molecule has 1 unspecified atom stereocenters. The molecule has 0 bridgehead atoms. The molecule has 4 rings (SSSR count). The Kier molecular flexibility index (Phi) is 8.09. The van der Waals surface area contributed by atoms with E-state index in [9.17, 15) is 13.5 Å². The lowest BCUT2D eigenvalue weighted by Gasteiger charge is -2.43. The quantitative estimate of drug-likeness (QED) is 0.344. The highest BCUT2D eigenvalue weighted by molar-refractivity contribution is 7.86. The van der Waals surface area contributed by atoms with E-state index >= 15 is 0 Å². The van der Waals surface area contributed by atoms with Crippen LogP contribution in [-0.2, 0) is 23.5 Å². The Balaban J connectivity index is 1.68. The van der Waals surface area contributed by atoms with E-state index in [1.165, 1.54) is 12.1 Å². The van der Waals surface area contributed by atoms with E-state index in [2.05, 4.69) is 45.0 Å². The maximum atomic E-state index is 13.1. The van der Waals surface area contributed by atoms with Gasteiger partial charge in [-0.2, -0.15) is 8.42 Å². The Bertz CT molecular complexity index is 1230. The van der Waals surface area contributed by atoms with Gasteiger partial charge in [-0.1, -0.05) is 106 Å². The summed E-state index contributed by atoms with van der Waals surface area (Å²) in [6.45, 7) is 10.2. The van der Waals surface area contributed by atoms with Crippen molar-refractivity contribution in [3.8, 4) is 0 Å². The minimum Gasteiger partial charge on any atom is -0.405 e. The molecule has 3 aromatic carbocycles. The predicted octanol–water partition coefficient (Wildman–Crippen LogP) is 4.00. The smallest absolute Gasteiger partial charge is 0.297 e. The van der Waals surface area contributed by atoms with Crippen LogP contribution in [0.2, 0.25) is 5.04 Å². The number of aliphatic hydroxyl groups is 1. The molecule has 198 valence electrons. The zero-order valence-corrected chi connectivity index (χ0v) is 23.8. The van der Waals surface area contributed by atoms with Crippen LogP contribution in [0.3, 0.4) is 0 Å². The number of rotatable bonds is 8. The molecule has 0 aromatic heterocycles. The van der Waals surface area contributed by atoms with Crippen molar-refractivity contribution in [1.29, 1.82) is 0 Å². The summed E-state index contributed by atoms with van der Waals surface area (Å²) >= 11 is 0. The Morgan fingerprint density at radius 2 is 1.41 bits per heavy atom. The first-order chi connectivity index (χ1) is 17.5. The summed E-state index contributed by atoms with van der Waals surface area (Å²) in [7, 11) is -6.96. The van der Waals surface area contributed by atoms with E-state index in [0.29, 0.717) is 0 Å². The van der Waals surface area contributed by atoms with Crippen molar-refractivity contribution >= 4 is 28.8 Å². The first-order valence-electron chi connectivity index (χ1n) is 12.5. The van der Waals surface area contributed by atoms with Gasteiger partial charge in [-0.25, -0.2) is 0 Å². The van der Waals surface area contributed by atoms with Crippen LogP contribution in [0.15, 0.2) is 89.8 Å². The highest BCUT2D eigenvalue weighted by atomic mass is 32.2. The first kappa shape index (κ1) is 27.7. The third-order valence-electron chi connectivity index (χ3n) is 7.08. The highest BCUT2D eigenvalue weighted by Gasteiger charge is 2.52. The summed E-state index contributed by atoms with van der Waals surface area (Å²) in [5.74, 6) is -0.562.